The Morgan fingerprint density at radius 1 is 1.40 bits per heavy atom. The van der Waals surface area contributed by atoms with Crippen LogP contribution in [-0.2, 0) is 9.53 Å². The van der Waals surface area contributed by atoms with Gasteiger partial charge in [-0.05, 0) is 44.0 Å². The first-order valence-corrected chi connectivity index (χ1v) is 6.64. The van der Waals surface area contributed by atoms with E-state index in [-0.39, 0.29) is 12.0 Å². The molecule has 104 valence electrons. The Kier molecular flexibility index (Phi) is 3.47. The van der Waals surface area contributed by atoms with Crippen molar-refractivity contribution in [1.29, 1.82) is 0 Å². The third-order valence-electron chi connectivity index (χ3n) is 3.23. The van der Waals surface area contributed by atoms with Crippen LogP contribution < -0.4 is 5.32 Å². The van der Waals surface area contributed by atoms with Crippen LogP contribution >= 0.6 is 0 Å². The maximum Gasteiger partial charge on any atom is 0.253 e. The second-order valence-electron chi connectivity index (χ2n) is 4.81. The van der Waals surface area contributed by atoms with Gasteiger partial charge in [0.15, 0.2) is 5.82 Å². The largest absolute Gasteiger partial charge is 0.368 e. The number of aromatic amines is 1. The van der Waals surface area contributed by atoms with Gasteiger partial charge in [0.25, 0.3) is 5.91 Å². The van der Waals surface area contributed by atoms with E-state index in [1.165, 1.54) is 0 Å². The van der Waals surface area contributed by atoms with Gasteiger partial charge < -0.3 is 10.1 Å². The van der Waals surface area contributed by atoms with Gasteiger partial charge in [0.2, 0.25) is 0 Å². The molecule has 1 unspecified atom stereocenters. The molecule has 6 heteroatoms. The molecule has 1 amide bonds. The van der Waals surface area contributed by atoms with Gasteiger partial charge in [0, 0.05) is 17.9 Å². The van der Waals surface area contributed by atoms with E-state index in [9.17, 15) is 4.79 Å². The molecule has 1 saturated heterocycles. The van der Waals surface area contributed by atoms with Gasteiger partial charge in [-0.3, -0.25) is 9.89 Å². The number of amides is 1. The number of aromatic nitrogens is 3. The molecular formula is C14H16N4O2. The van der Waals surface area contributed by atoms with Gasteiger partial charge in [-0.2, -0.15) is 5.10 Å². The van der Waals surface area contributed by atoms with E-state index < -0.39 is 0 Å². The van der Waals surface area contributed by atoms with Crippen molar-refractivity contribution in [3.05, 3.63) is 30.1 Å². The summed E-state index contributed by atoms with van der Waals surface area (Å²) in [6.07, 6.45) is 1.42. The van der Waals surface area contributed by atoms with E-state index >= 15 is 0 Å². The van der Waals surface area contributed by atoms with Crippen molar-refractivity contribution in [3.63, 3.8) is 0 Å². The number of aryl methyl sites for hydroxylation is 1. The second-order valence-corrected chi connectivity index (χ2v) is 4.81. The van der Waals surface area contributed by atoms with Crippen molar-refractivity contribution in [2.75, 3.05) is 11.9 Å². The summed E-state index contributed by atoms with van der Waals surface area (Å²) in [5, 5.41) is 9.76. The molecular weight excluding hydrogens is 256 g/mol. The molecule has 2 aromatic rings. The molecule has 20 heavy (non-hydrogen) atoms. The summed E-state index contributed by atoms with van der Waals surface area (Å²) < 4.78 is 5.35. The Bertz CT molecular complexity index is 600. The summed E-state index contributed by atoms with van der Waals surface area (Å²) in [6.45, 7) is 2.52. The van der Waals surface area contributed by atoms with Gasteiger partial charge in [0.05, 0.1) is 0 Å². The number of ether oxygens (including phenoxy) is 1. The Hall–Kier alpha value is -2.21. The van der Waals surface area contributed by atoms with Crippen LogP contribution in [0.3, 0.4) is 0 Å². The summed E-state index contributed by atoms with van der Waals surface area (Å²) in [5.74, 6) is 1.35. The van der Waals surface area contributed by atoms with E-state index in [4.69, 9.17) is 4.74 Å². The van der Waals surface area contributed by atoms with Crippen LogP contribution in [0.1, 0.15) is 18.7 Å². The molecule has 0 saturated carbocycles. The van der Waals surface area contributed by atoms with Gasteiger partial charge in [-0.1, -0.05) is 0 Å². The van der Waals surface area contributed by atoms with Crippen LogP contribution in [0, 0.1) is 6.92 Å². The number of H-pyrrole nitrogens is 1. The van der Waals surface area contributed by atoms with Gasteiger partial charge in [-0.25, -0.2) is 4.98 Å². The van der Waals surface area contributed by atoms with E-state index in [1.54, 1.807) is 0 Å². The summed E-state index contributed by atoms with van der Waals surface area (Å²) >= 11 is 0. The molecule has 1 fully saturated rings. The summed E-state index contributed by atoms with van der Waals surface area (Å²) in [5.41, 5.74) is 1.66. The Labute approximate surface area is 116 Å². The zero-order chi connectivity index (χ0) is 13.9. The smallest absolute Gasteiger partial charge is 0.253 e. The Balaban J connectivity index is 1.68. The van der Waals surface area contributed by atoms with Gasteiger partial charge in [0.1, 0.15) is 11.9 Å². The number of benzene rings is 1. The lowest BCUT2D eigenvalue weighted by Gasteiger charge is -2.10. The zero-order valence-electron chi connectivity index (χ0n) is 11.2. The first-order valence-electron chi connectivity index (χ1n) is 6.64. The summed E-state index contributed by atoms with van der Waals surface area (Å²) in [4.78, 5) is 16.2. The summed E-state index contributed by atoms with van der Waals surface area (Å²) in [6, 6.07) is 7.45. The van der Waals surface area contributed by atoms with Gasteiger partial charge >= 0.3 is 0 Å². The highest BCUT2D eigenvalue weighted by Gasteiger charge is 2.23. The molecule has 1 aliphatic heterocycles. The number of hydrogen-bond donors (Lipinski definition) is 2. The van der Waals surface area contributed by atoms with E-state index in [0.717, 1.165) is 29.9 Å². The minimum absolute atomic E-state index is 0.0796. The van der Waals surface area contributed by atoms with Crippen LogP contribution in [0.25, 0.3) is 11.4 Å². The number of nitrogens with zero attached hydrogens (tertiary/aromatic N) is 2. The molecule has 0 bridgehead atoms. The maximum absolute atomic E-state index is 11.9. The SMILES string of the molecule is Cc1nc(-c2ccc(NC(=O)C3CCCO3)cc2)n[nH]1. The monoisotopic (exact) mass is 272 g/mol. The van der Waals surface area contributed by atoms with Crippen molar-refractivity contribution in [2.45, 2.75) is 25.9 Å². The Morgan fingerprint density at radius 3 is 2.80 bits per heavy atom. The lowest BCUT2D eigenvalue weighted by Crippen LogP contribution is -2.26. The fourth-order valence-electron chi connectivity index (χ4n) is 2.18. The van der Waals surface area contributed by atoms with Crippen molar-refractivity contribution in [3.8, 4) is 11.4 Å². The standard InChI is InChI=1S/C14H16N4O2/c1-9-15-13(18-17-9)10-4-6-11(7-5-10)16-14(19)12-3-2-8-20-12/h4-7,12H,2-3,8H2,1H3,(H,16,19)(H,15,17,18). The van der Waals surface area contributed by atoms with Crippen LogP contribution in [0.2, 0.25) is 0 Å². The molecule has 1 atom stereocenters. The molecule has 0 radical (unpaired) electrons. The number of rotatable bonds is 3. The van der Waals surface area contributed by atoms with Crippen molar-refractivity contribution in [2.24, 2.45) is 0 Å². The van der Waals surface area contributed by atoms with Gasteiger partial charge in [-0.15, -0.1) is 0 Å². The third kappa shape index (κ3) is 2.70. The quantitative estimate of drug-likeness (QED) is 0.894. The molecule has 2 heterocycles. The molecule has 3 rings (SSSR count). The van der Waals surface area contributed by atoms with Crippen molar-refractivity contribution < 1.29 is 9.53 Å². The van der Waals surface area contributed by atoms with E-state index in [0.29, 0.717) is 12.4 Å². The topological polar surface area (TPSA) is 79.9 Å². The second kappa shape index (κ2) is 5.42. The number of hydrogen-bond acceptors (Lipinski definition) is 4. The highest BCUT2D eigenvalue weighted by atomic mass is 16.5. The molecule has 1 aliphatic rings. The lowest BCUT2D eigenvalue weighted by atomic mass is 10.2. The van der Waals surface area contributed by atoms with Crippen LogP contribution in [-0.4, -0.2) is 33.8 Å². The van der Waals surface area contributed by atoms with Crippen molar-refractivity contribution in [1.82, 2.24) is 15.2 Å². The van der Waals surface area contributed by atoms with E-state index in [1.807, 2.05) is 31.2 Å². The van der Waals surface area contributed by atoms with Crippen LogP contribution in [0.4, 0.5) is 5.69 Å². The van der Waals surface area contributed by atoms with Crippen LogP contribution in [0.15, 0.2) is 24.3 Å². The maximum atomic E-state index is 11.9. The van der Waals surface area contributed by atoms with Crippen LogP contribution in [0.5, 0.6) is 0 Å². The third-order valence-corrected chi connectivity index (χ3v) is 3.23. The van der Waals surface area contributed by atoms with E-state index in [2.05, 4.69) is 20.5 Å². The molecule has 0 aliphatic carbocycles. The highest BCUT2D eigenvalue weighted by Crippen LogP contribution is 2.19. The number of anilines is 1. The molecule has 1 aromatic heterocycles. The molecule has 0 spiro atoms. The zero-order valence-corrected chi connectivity index (χ0v) is 11.2. The highest BCUT2D eigenvalue weighted by molar-refractivity contribution is 5.94. The fraction of sp³-hybridized carbons (Fsp3) is 0.357. The molecule has 6 nitrogen and oxygen atoms in total. The minimum Gasteiger partial charge on any atom is -0.368 e. The first kappa shape index (κ1) is 12.8. The number of carbonyl (C=O) groups excluding carboxylic acids is 1. The lowest BCUT2D eigenvalue weighted by molar-refractivity contribution is -0.124. The molecule has 1 aromatic carbocycles. The average molecular weight is 272 g/mol. The average Bonchev–Trinajstić information content (AvgIpc) is 3.10. The summed E-state index contributed by atoms with van der Waals surface area (Å²) in [7, 11) is 0. The number of nitrogens with one attached hydrogen (secondary N) is 2. The predicted molar refractivity (Wildman–Crippen MR) is 74.2 cm³/mol. The first-order chi connectivity index (χ1) is 9.72. The Morgan fingerprint density at radius 2 is 2.20 bits per heavy atom. The van der Waals surface area contributed by atoms with Crippen molar-refractivity contribution >= 4 is 11.6 Å². The fourth-order valence-corrected chi connectivity index (χ4v) is 2.18. The predicted octanol–water partition coefficient (Wildman–Crippen LogP) is 1.90. The normalized spacial score (nSPS) is 18.1. The molecule has 2 N–H and O–H groups in total. The minimum atomic E-state index is -0.315. The number of carbonyl (C=O) groups is 1.